The number of carbonyl (C=O) groups is 2. The van der Waals surface area contributed by atoms with E-state index >= 15 is 0 Å². The van der Waals surface area contributed by atoms with Crippen LogP contribution in [0.3, 0.4) is 0 Å². The topological polar surface area (TPSA) is 78.9 Å². The van der Waals surface area contributed by atoms with Gasteiger partial charge < -0.3 is 15.2 Å². The smallest absolute Gasteiger partial charge is 0.407 e. The van der Waals surface area contributed by atoms with Crippen LogP contribution in [-0.4, -0.2) is 53.3 Å². The summed E-state index contributed by atoms with van der Waals surface area (Å²) in [4.78, 5) is 24.5. The van der Waals surface area contributed by atoms with Gasteiger partial charge in [-0.25, -0.2) is 4.79 Å². The molecule has 0 aromatic carbocycles. The van der Waals surface area contributed by atoms with E-state index in [4.69, 9.17) is 9.84 Å². The zero-order valence-electron chi connectivity index (χ0n) is 14.2. The summed E-state index contributed by atoms with van der Waals surface area (Å²) < 4.78 is 5.13. The van der Waals surface area contributed by atoms with Crippen molar-refractivity contribution in [2.75, 3.05) is 19.6 Å². The molecule has 0 aliphatic carbocycles. The molecule has 0 bridgehead atoms. The molecule has 1 atom stereocenters. The third-order valence-electron chi connectivity index (χ3n) is 2.80. The monoisotopic (exact) mass is 312 g/mol. The van der Waals surface area contributed by atoms with Gasteiger partial charge in [-0.1, -0.05) is 6.92 Å². The summed E-state index contributed by atoms with van der Waals surface area (Å²) in [6.45, 7) is 10.3. The lowest BCUT2D eigenvalue weighted by Crippen LogP contribution is -2.44. The maximum Gasteiger partial charge on any atom is 0.407 e. The van der Waals surface area contributed by atoms with Crippen molar-refractivity contribution in [2.45, 2.75) is 59.1 Å². The zero-order chi connectivity index (χ0) is 17.2. The van der Waals surface area contributed by atoms with E-state index in [0.29, 0.717) is 26.1 Å². The predicted molar refractivity (Wildman–Crippen MR) is 85.6 cm³/mol. The summed E-state index contributed by atoms with van der Waals surface area (Å²) >= 11 is 0. The first-order valence-corrected chi connectivity index (χ1v) is 7.56. The summed E-state index contributed by atoms with van der Waals surface area (Å²) in [7, 11) is 0. The highest BCUT2D eigenvalue weighted by molar-refractivity contribution is 5.72. The van der Waals surface area contributed by atoms with E-state index in [1.807, 2.05) is 6.92 Å². The molecule has 0 saturated heterocycles. The van der Waals surface area contributed by atoms with Gasteiger partial charge in [-0.2, -0.15) is 0 Å². The molecule has 22 heavy (non-hydrogen) atoms. The number of carbonyl (C=O) groups excluding carboxylic acids is 1. The minimum absolute atomic E-state index is 0.327. The molecule has 1 amide bonds. The number of hydrogen-bond acceptors (Lipinski definition) is 4. The number of hydrogen-bond donors (Lipinski definition) is 2. The Morgan fingerprint density at radius 3 is 2.41 bits per heavy atom. The minimum Gasteiger partial charge on any atom is -0.480 e. The molecule has 0 aliphatic rings. The van der Waals surface area contributed by atoms with Gasteiger partial charge in [0.05, 0.1) is 0 Å². The molecule has 0 aromatic rings. The fraction of sp³-hybridized carbons (Fsp3) is 0.750. The molecular weight excluding hydrogens is 284 g/mol. The minimum atomic E-state index is -0.888. The number of ether oxygens (including phenoxy) is 1. The Hall–Kier alpha value is -1.74. The number of rotatable bonds is 7. The highest BCUT2D eigenvalue weighted by atomic mass is 16.6. The summed E-state index contributed by atoms with van der Waals surface area (Å²) in [5, 5.41) is 11.8. The van der Waals surface area contributed by atoms with Crippen LogP contribution in [0.5, 0.6) is 0 Å². The van der Waals surface area contributed by atoms with Crippen molar-refractivity contribution in [3.05, 3.63) is 0 Å². The van der Waals surface area contributed by atoms with Gasteiger partial charge in [0, 0.05) is 32.5 Å². The quantitative estimate of drug-likeness (QED) is 0.704. The molecule has 2 N–H and O–H groups in total. The number of amides is 1. The molecular formula is C16H28N2O4. The first kappa shape index (κ1) is 20.3. The van der Waals surface area contributed by atoms with Gasteiger partial charge in [0.15, 0.2) is 0 Å². The largest absolute Gasteiger partial charge is 0.480 e. The number of alkyl carbamates (subject to hydrolysis) is 1. The third-order valence-corrected chi connectivity index (χ3v) is 2.80. The molecule has 0 fully saturated rings. The first-order valence-electron chi connectivity index (χ1n) is 7.56. The van der Waals surface area contributed by atoms with Crippen LogP contribution < -0.4 is 5.32 Å². The van der Waals surface area contributed by atoms with E-state index in [1.165, 1.54) is 0 Å². The summed E-state index contributed by atoms with van der Waals surface area (Å²) in [6.07, 6.45) is 0.897. The number of carboxylic acids is 1. The van der Waals surface area contributed by atoms with E-state index in [9.17, 15) is 9.59 Å². The van der Waals surface area contributed by atoms with Crippen LogP contribution in [0.25, 0.3) is 0 Å². The Morgan fingerprint density at radius 2 is 1.91 bits per heavy atom. The molecule has 126 valence electrons. The first-order chi connectivity index (χ1) is 10.2. The molecule has 0 rings (SSSR count). The number of nitrogens with one attached hydrogen (secondary N) is 1. The summed E-state index contributed by atoms with van der Waals surface area (Å²) in [5.74, 6) is 5.06. The van der Waals surface area contributed by atoms with Gasteiger partial charge in [-0.3, -0.25) is 9.69 Å². The third kappa shape index (κ3) is 10.1. The fourth-order valence-corrected chi connectivity index (χ4v) is 1.68. The Kier molecular flexibility index (Phi) is 9.27. The van der Waals surface area contributed by atoms with Crippen LogP contribution in [0.2, 0.25) is 0 Å². The van der Waals surface area contributed by atoms with Gasteiger partial charge in [0.2, 0.25) is 0 Å². The molecule has 1 unspecified atom stereocenters. The number of nitrogens with zero attached hydrogens (tertiary/aromatic N) is 1. The predicted octanol–water partition coefficient (Wildman–Crippen LogP) is 2.09. The number of aliphatic carboxylic acids is 1. The van der Waals surface area contributed by atoms with Crippen molar-refractivity contribution in [3.63, 3.8) is 0 Å². The van der Waals surface area contributed by atoms with Crippen LogP contribution in [0, 0.1) is 11.8 Å². The van der Waals surface area contributed by atoms with Crippen molar-refractivity contribution >= 4 is 12.1 Å². The molecule has 6 heteroatoms. The highest BCUT2D eigenvalue weighted by Gasteiger charge is 2.20. The average molecular weight is 312 g/mol. The second-order valence-corrected chi connectivity index (χ2v) is 5.94. The van der Waals surface area contributed by atoms with Gasteiger partial charge in [0.1, 0.15) is 11.6 Å². The molecule has 0 heterocycles. The lowest BCUT2D eigenvalue weighted by atomic mass is 10.2. The summed E-state index contributed by atoms with van der Waals surface area (Å²) in [6, 6.07) is -0.621. The standard InChI is InChI=1S/C16H28N2O4/c1-6-7-8-9-11-18(13(2)14(19)20)12-10-17-15(21)22-16(3,4)5/h13H,6,9-12H2,1-5H3,(H,17,21)(H,19,20). The molecule has 6 nitrogen and oxygen atoms in total. The van der Waals surface area contributed by atoms with Gasteiger partial charge in [-0.15, -0.1) is 11.8 Å². The second-order valence-electron chi connectivity index (χ2n) is 5.94. The van der Waals surface area contributed by atoms with E-state index in [1.54, 1.807) is 32.6 Å². The molecule has 0 radical (unpaired) electrons. The van der Waals surface area contributed by atoms with E-state index in [2.05, 4.69) is 17.2 Å². The normalized spacial score (nSPS) is 12.3. The van der Waals surface area contributed by atoms with Crippen LogP contribution >= 0.6 is 0 Å². The Labute approximate surface area is 133 Å². The zero-order valence-corrected chi connectivity index (χ0v) is 14.2. The van der Waals surface area contributed by atoms with Crippen molar-refractivity contribution in [2.24, 2.45) is 0 Å². The van der Waals surface area contributed by atoms with Crippen molar-refractivity contribution in [1.82, 2.24) is 10.2 Å². The SMILES string of the molecule is CCC#CCCN(CCNC(=O)OC(C)(C)C)C(C)C(=O)O. The van der Waals surface area contributed by atoms with Gasteiger partial charge >= 0.3 is 12.1 Å². The van der Waals surface area contributed by atoms with Crippen molar-refractivity contribution in [3.8, 4) is 11.8 Å². The van der Waals surface area contributed by atoms with E-state index in [-0.39, 0.29) is 0 Å². The average Bonchev–Trinajstić information content (AvgIpc) is 2.38. The molecule has 0 spiro atoms. The van der Waals surface area contributed by atoms with Crippen LogP contribution in [0.1, 0.15) is 47.5 Å². The molecule has 0 saturated carbocycles. The maximum atomic E-state index is 11.6. The van der Waals surface area contributed by atoms with Crippen molar-refractivity contribution < 1.29 is 19.4 Å². The molecule has 0 aliphatic heterocycles. The van der Waals surface area contributed by atoms with E-state index < -0.39 is 23.7 Å². The van der Waals surface area contributed by atoms with Crippen LogP contribution in [0.4, 0.5) is 4.79 Å². The van der Waals surface area contributed by atoms with Crippen LogP contribution in [0.15, 0.2) is 0 Å². The van der Waals surface area contributed by atoms with E-state index in [0.717, 1.165) is 6.42 Å². The summed E-state index contributed by atoms with van der Waals surface area (Å²) in [5.41, 5.74) is -0.548. The molecule has 0 aromatic heterocycles. The van der Waals surface area contributed by atoms with Crippen molar-refractivity contribution in [1.29, 1.82) is 0 Å². The Balaban J connectivity index is 4.34. The second kappa shape index (κ2) is 10.1. The number of carboxylic acid groups (broad SMARTS) is 1. The maximum absolute atomic E-state index is 11.6. The highest BCUT2D eigenvalue weighted by Crippen LogP contribution is 2.06. The fourth-order valence-electron chi connectivity index (χ4n) is 1.68. The van der Waals surface area contributed by atoms with Gasteiger partial charge in [0.25, 0.3) is 0 Å². The lowest BCUT2D eigenvalue weighted by Gasteiger charge is -2.26. The Bertz CT molecular complexity index is 418. The lowest BCUT2D eigenvalue weighted by molar-refractivity contribution is -0.142. The Morgan fingerprint density at radius 1 is 1.27 bits per heavy atom. The van der Waals surface area contributed by atoms with Gasteiger partial charge in [-0.05, 0) is 27.7 Å². The van der Waals surface area contributed by atoms with Crippen LogP contribution in [-0.2, 0) is 9.53 Å².